The molecule has 4 saturated heterocycles. The monoisotopic (exact) mass is 1030 g/mol. The number of rotatable bonds is 15. The predicted molar refractivity (Wildman–Crippen MR) is 273 cm³/mol. The minimum absolute atomic E-state index is 0.0158. The molecule has 4 aliphatic rings. The Morgan fingerprint density at radius 1 is 0.973 bits per heavy atom. The number of esters is 1. The fourth-order valence-corrected chi connectivity index (χ4v) is 12.6. The zero-order valence-corrected chi connectivity index (χ0v) is 46.1. The highest BCUT2D eigenvalue weighted by atomic mass is 19.1. The lowest BCUT2D eigenvalue weighted by Gasteiger charge is -2.50. The zero-order valence-electron chi connectivity index (χ0n) is 46.1. The van der Waals surface area contributed by atoms with Crippen LogP contribution in [0.15, 0.2) is 30.5 Å². The van der Waals surface area contributed by atoms with E-state index in [0.717, 1.165) is 12.0 Å². The van der Waals surface area contributed by atoms with E-state index in [1.54, 1.807) is 37.3 Å². The largest absolute Gasteiger partial charge is 0.459 e. The molecule has 1 unspecified atom stereocenters. The van der Waals surface area contributed by atoms with Gasteiger partial charge >= 0.3 is 12.1 Å². The van der Waals surface area contributed by atoms with Crippen LogP contribution in [0.5, 0.6) is 0 Å². The fraction of sp³-hybridized carbons (Fsp3) is 0.815. The normalized spacial score (nSPS) is 38.6. The minimum Gasteiger partial charge on any atom is -0.459 e. The quantitative estimate of drug-likeness (QED) is 0.168. The van der Waals surface area contributed by atoms with Crippen LogP contribution in [0.2, 0.25) is 0 Å². The maximum Gasteiger partial charge on any atom is 0.414 e. The van der Waals surface area contributed by atoms with Crippen molar-refractivity contribution in [2.45, 2.75) is 198 Å². The SMILES string of the molecule is CC[C@H]1OC(=O)[C@H](C)C([C@H]2C[C@@](C)(OC)C[C@H](C)O2)[C@H](C)[C@@H](O[C@H]2C[C@@H](N(C)CCc3cn([C@H](CF)[C@H](OC)c4ccc(N5CCOC5=O)cc4)nn3)C[C@@H](C)O2)[C@](C)(O)C[C@@H](C)CN(C)[C@H](C)[C@@H](O)[C@]1(C)O. The van der Waals surface area contributed by atoms with E-state index in [2.05, 4.69) is 36.1 Å². The Balaban J connectivity index is 1.23. The number of cyclic esters (lactones) is 2. The van der Waals surface area contributed by atoms with E-state index in [1.807, 2.05) is 65.6 Å². The number of nitrogens with zero attached hydrogens (tertiary/aromatic N) is 6. The average molecular weight is 1030 g/mol. The number of carbonyl (C=O) groups excluding carboxylic acids is 2. The summed E-state index contributed by atoms with van der Waals surface area (Å²) < 4.78 is 60.2. The highest BCUT2D eigenvalue weighted by Crippen LogP contribution is 2.45. The molecule has 18 nitrogen and oxygen atoms in total. The molecule has 0 bridgehead atoms. The molecule has 5 heterocycles. The standard InChI is InChI=1S/C54H89FN6O12/c1-15-44-54(10,66)48(62)37(7)59(12)30-32(2)26-53(9,65)49(35(5)46(36(6)50(63)72-44)43-28-52(8,68-14)27-34(4)70-43)73-45-25-41(24-33(3)71-45)58(11)21-20-39-31-61(57-56-39)42(29-55)47(67-13)38-16-18-40(19-17-38)60-22-23-69-51(60)64/h16-19,31-37,41-49,62,65-66H,15,20-30H2,1-14H3/t32-,33-,34+,35+,36-,37-,41+,42-,43-,44-,45+,46?,47-,48-,49-,52+,53-,54-/m1/s1. The van der Waals surface area contributed by atoms with Gasteiger partial charge in [0.25, 0.3) is 0 Å². The van der Waals surface area contributed by atoms with Crippen LogP contribution in [-0.2, 0) is 44.4 Å². The molecule has 73 heavy (non-hydrogen) atoms. The van der Waals surface area contributed by atoms with Crippen LogP contribution in [0.3, 0.4) is 0 Å². The first kappa shape index (κ1) is 58.9. The van der Waals surface area contributed by atoms with E-state index in [-0.39, 0.29) is 30.6 Å². The zero-order chi connectivity index (χ0) is 53.7. The number of methoxy groups -OCH3 is 2. The van der Waals surface area contributed by atoms with Crippen molar-refractivity contribution < 1.29 is 62.5 Å². The van der Waals surface area contributed by atoms with Gasteiger partial charge in [-0.2, -0.15) is 0 Å². The van der Waals surface area contributed by atoms with E-state index in [4.69, 9.17) is 33.2 Å². The molecule has 0 saturated carbocycles. The number of aliphatic hydroxyl groups is 3. The Kier molecular flexibility index (Phi) is 20.0. The number of aromatic nitrogens is 3. The van der Waals surface area contributed by atoms with Crippen molar-refractivity contribution in [3.05, 3.63) is 41.7 Å². The molecule has 1 amide bonds. The summed E-state index contributed by atoms with van der Waals surface area (Å²) in [4.78, 5) is 32.5. The fourth-order valence-electron chi connectivity index (χ4n) is 12.6. The Hall–Kier alpha value is -3.37. The van der Waals surface area contributed by atoms with Gasteiger partial charge in [-0.15, -0.1) is 5.10 Å². The van der Waals surface area contributed by atoms with Gasteiger partial charge in [0.05, 0.1) is 53.8 Å². The number of hydrogen-bond donors (Lipinski definition) is 3. The first-order valence-electron chi connectivity index (χ1n) is 26.7. The highest BCUT2D eigenvalue weighted by molar-refractivity contribution is 5.89. The molecule has 0 spiro atoms. The number of ether oxygens (including phenoxy) is 7. The van der Waals surface area contributed by atoms with Crippen LogP contribution < -0.4 is 4.90 Å². The van der Waals surface area contributed by atoms with Crippen LogP contribution in [-0.4, -0.2) is 185 Å². The Bertz CT molecular complexity index is 2080. The van der Waals surface area contributed by atoms with E-state index < -0.39 is 102 Å². The summed E-state index contributed by atoms with van der Waals surface area (Å²) in [7, 11) is 7.16. The van der Waals surface area contributed by atoms with Crippen LogP contribution in [0.25, 0.3) is 0 Å². The molecule has 2 aromatic rings. The van der Waals surface area contributed by atoms with Crippen LogP contribution in [0.4, 0.5) is 14.9 Å². The molecule has 414 valence electrons. The van der Waals surface area contributed by atoms with Gasteiger partial charge < -0.3 is 58.3 Å². The third-order valence-corrected chi connectivity index (χ3v) is 16.8. The number of hydrogen-bond acceptors (Lipinski definition) is 16. The number of amides is 1. The van der Waals surface area contributed by atoms with Gasteiger partial charge in [-0.25, -0.2) is 13.9 Å². The Morgan fingerprint density at radius 3 is 2.29 bits per heavy atom. The third kappa shape index (κ3) is 13.8. The van der Waals surface area contributed by atoms with Gasteiger partial charge in [-0.3, -0.25) is 9.69 Å². The number of anilines is 1. The number of carbonyl (C=O) groups is 2. The summed E-state index contributed by atoms with van der Waals surface area (Å²) in [5.41, 5.74) is -1.65. The Morgan fingerprint density at radius 2 is 1.67 bits per heavy atom. The molecule has 1 aromatic carbocycles. The minimum atomic E-state index is -1.77. The van der Waals surface area contributed by atoms with Crippen molar-refractivity contribution in [3.8, 4) is 0 Å². The molecule has 6 rings (SSSR count). The van der Waals surface area contributed by atoms with Gasteiger partial charge in [0.15, 0.2) is 6.29 Å². The summed E-state index contributed by atoms with van der Waals surface area (Å²) in [6.07, 6.45) is -0.571. The molecule has 19 heteroatoms. The molecule has 0 radical (unpaired) electrons. The molecule has 1 aromatic heterocycles. The van der Waals surface area contributed by atoms with E-state index in [9.17, 15) is 29.3 Å². The second kappa shape index (κ2) is 24.7. The van der Waals surface area contributed by atoms with Crippen LogP contribution in [0, 0.1) is 23.7 Å². The van der Waals surface area contributed by atoms with Gasteiger partial charge in [0.1, 0.15) is 43.2 Å². The molecule has 0 aliphatic carbocycles. The Labute approximate surface area is 433 Å². The lowest BCUT2D eigenvalue weighted by Crippen LogP contribution is -2.59. The topological polar surface area (TPSA) is 200 Å². The maximum atomic E-state index is 14.9. The summed E-state index contributed by atoms with van der Waals surface area (Å²) in [6, 6.07) is 5.95. The highest BCUT2D eigenvalue weighted by Gasteiger charge is 2.53. The van der Waals surface area contributed by atoms with E-state index >= 15 is 0 Å². The van der Waals surface area contributed by atoms with Gasteiger partial charge in [-0.05, 0) is 104 Å². The van der Waals surface area contributed by atoms with Gasteiger partial charge in [0.2, 0.25) is 0 Å². The summed E-state index contributed by atoms with van der Waals surface area (Å²) >= 11 is 0. The average Bonchev–Trinajstić information content (AvgIpc) is 4.00. The lowest BCUT2D eigenvalue weighted by atomic mass is 9.69. The van der Waals surface area contributed by atoms with Crippen LogP contribution in [0.1, 0.15) is 131 Å². The lowest BCUT2D eigenvalue weighted by molar-refractivity contribution is -0.271. The predicted octanol–water partition coefficient (Wildman–Crippen LogP) is 6.29. The molecule has 4 fully saturated rings. The number of likely N-dealkylation sites (N-methyl/N-ethyl adjacent to an activating group) is 2. The van der Waals surface area contributed by atoms with Crippen molar-refractivity contribution in [2.75, 3.05) is 66.1 Å². The molecule has 3 N–H and O–H groups in total. The molecular weight excluding hydrogens is 944 g/mol. The molecule has 4 aliphatic heterocycles. The van der Waals surface area contributed by atoms with Crippen molar-refractivity contribution in [3.63, 3.8) is 0 Å². The van der Waals surface area contributed by atoms with Crippen molar-refractivity contribution >= 4 is 17.7 Å². The number of aliphatic hydroxyl groups excluding tert-OH is 1. The third-order valence-electron chi connectivity index (χ3n) is 16.8. The summed E-state index contributed by atoms with van der Waals surface area (Å²) in [5.74, 6) is -2.49. The van der Waals surface area contributed by atoms with Crippen molar-refractivity contribution in [2.24, 2.45) is 23.7 Å². The van der Waals surface area contributed by atoms with Crippen molar-refractivity contribution in [1.82, 2.24) is 24.8 Å². The summed E-state index contributed by atoms with van der Waals surface area (Å²) in [5, 5.41) is 45.4. The number of halogens is 1. The second-order valence-corrected chi connectivity index (χ2v) is 22.8. The smallest absolute Gasteiger partial charge is 0.414 e. The molecular formula is C54H89FN6O12. The number of alkyl halides is 1. The summed E-state index contributed by atoms with van der Waals surface area (Å²) in [6.45, 7) is 20.1. The van der Waals surface area contributed by atoms with Gasteiger partial charge in [-0.1, -0.05) is 45.0 Å². The first-order valence-corrected chi connectivity index (χ1v) is 26.7. The van der Waals surface area contributed by atoms with Crippen molar-refractivity contribution in [1.29, 1.82) is 0 Å². The van der Waals surface area contributed by atoms with Crippen LogP contribution >= 0.6 is 0 Å². The second-order valence-electron chi connectivity index (χ2n) is 22.8. The maximum absolute atomic E-state index is 14.9. The first-order chi connectivity index (χ1) is 34.4. The number of benzene rings is 1. The molecule has 18 atom stereocenters. The van der Waals surface area contributed by atoms with E-state index in [1.165, 1.54) is 18.7 Å². The van der Waals surface area contributed by atoms with E-state index in [0.29, 0.717) is 69.7 Å². The van der Waals surface area contributed by atoms with Gasteiger partial charge in [0, 0.05) is 82.9 Å².